The second-order valence-corrected chi connectivity index (χ2v) is 11.0. The molecule has 0 fully saturated rings. The molecule has 0 aromatic heterocycles. The minimum absolute atomic E-state index is 0.0480. The molecule has 0 saturated heterocycles. The number of ether oxygens (including phenoxy) is 2. The first-order valence-electron chi connectivity index (χ1n) is 15.0. The molecule has 1 unspecified atom stereocenters. The normalized spacial score (nSPS) is 11.8. The topological polar surface area (TPSA) is 198 Å². The molecule has 3 amide bonds. The lowest BCUT2D eigenvalue weighted by molar-refractivity contribution is -0.189. The van der Waals surface area contributed by atoms with Crippen LogP contribution in [0.5, 0.6) is 0 Å². The van der Waals surface area contributed by atoms with Gasteiger partial charge in [0.15, 0.2) is 0 Å². The summed E-state index contributed by atoms with van der Waals surface area (Å²) in [6, 6.07) is -1.35. The Morgan fingerprint density at radius 1 is 0.767 bits per heavy atom. The average Bonchev–Trinajstić information content (AvgIpc) is 2.91. The van der Waals surface area contributed by atoms with Crippen molar-refractivity contribution in [3.8, 4) is 0 Å². The van der Waals surface area contributed by atoms with Crippen molar-refractivity contribution < 1.29 is 53.3 Å². The summed E-state index contributed by atoms with van der Waals surface area (Å²) in [4.78, 5) is 75.1. The number of carbonyl (C=O) groups is 6. The number of rotatable bonds is 25. The van der Waals surface area contributed by atoms with E-state index >= 15 is 0 Å². The van der Waals surface area contributed by atoms with Gasteiger partial charge in [0.2, 0.25) is 17.7 Å². The lowest BCUT2D eigenvalue weighted by atomic mass is 10.1. The summed E-state index contributed by atoms with van der Waals surface area (Å²) in [5.74, 6) is -3.89. The summed E-state index contributed by atoms with van der Waals surface area (Å²) in [6.07, 6.45) is 5.22. The number of carbonyl (C=O) groups excluding carboxylic acids is 4. The van der Waals surface area contributed by atoms with Crippen molar-refractivity contribution >= 4 is 35.6 Å². The molecule has 0 rings (SSSR count). The Morgan fingerprint density at radius 2 is 1.40 bits per heavy atom. The fourth-order valence-electron chi connectivity index (χ4n) is 3.79. The highest BCUT2D eigenvalue weighted by Crippen LogP contribution is 2.12. The van der Waals surface area contributed by atoms with Crippen LogP contribution in [0, 0.1) is 0 Å². The molecule has 1 atom stereocenters. The number of aliphatic carboxylic acids is 2. The van der Waals surface area contributed by atoms with Crippen molar-refractivity contribution in [1.82, 2.24) is 15.7 Å². The maximum Gasteiger partial charge on any atom is 0.326 e. The van der Waals surface area contributed by atoms with E-state index in [1.54, 1.807) is 6.92 Å². The zero-order valence-corrected chi connectivity index (χ0v) is 26.1. The lowest BCUT2D eigenvalue weighted by Crippen LogP contribution is -2.41. The zero-order valence-electron chi connectivity index (χ0n) is 26.1. The molecule has 0 aliphatic heterocycles. The van der Waals surface area contributed by atoms with Crippen molar-refractivity contribution in [1.29, 1.82) is 0 Å². The molecule has 0 bridgehead atoms. The standard InChI is InChI=1S/C29H51N3O11/c1-5-32(25(35)16-15-24(34)31-22(28(39)40)14-17-26(36)37)42-21-20-41-19-18-30-23(33)12-10-8-6-7-9-11-13-27(38)43-29(2,3)4/h22H,5-21H2,1-4H3,(H,30,33)(H,31,34)(H,36,37)(H,39,40). The molecule has 0 aliphatic carbocycles. The number of hydrogen-bond donors (Lipinski definition) is 4. The van der Waals surface area contributed by atoms with E-state index in [0.29, 0.717) is 19.4 Å². The van der Waals surface area contributed by atoms with Gasteiger partial charge in [-0.1, -0.05) is 25.7 Å². The van der Waals surface area contributed by atoms with Crippen LogP contribution in [0.3, 0.4) is 0 Å². The van der Waals surface area contributed by atoms with Crippen LogP contribution in [0.25, 0.3) is 0 Å². The van der Waals surface area contributed by atoms with Gasteiger partial charge in [-0.05, 0) is 47.0 Å². The van der Waals surface area contributed by atoms with Crippen LogP contribution in [-0.4, -0.2) is 95.5 Å². The van der Waals surface area contributed by atoms with E-state index < -0.39 is 41.8 Å². The Labute approximate surface area is 254 Å². The molecule has 14 nitrogen and oxygen atoms in total. The third-order valence-corrected chi connectivity index (χ3v) is 5.91. The Morgan fingerprint density at radius 3 is 1.98 bits per heavy atom. The van der Waals surface area contributed by atoms with Crippen molar-refractivity contribution in [3.05, 3.63) is 0 Å². The van der Waals surface area contributed by atoms with Gasteiger partial charge in [-0.25, -0.2) is 9.86 Å². The average molecular weight is 618 g/mol. The Balaban J connectivity index is 3.86. The Kier molecular flexibility index (Phi) is 21.5. The molecule has 4 N–H and O–H groups in total. The molecule has 43 heavy (non-hydrogen) atoms. The van der Waals surface area contributed by atoms with Crippen molar-refractivity contribution in [3.63, 3.8) is 0 Å². The SMILES string of the molecule is CCN(OCCOCCNC(=O)CCCCCCCCC(=O)OC(C)(C)C)C(=O)CCC(=O)NC(CCC(=O)O)C(=O)O. The third-order valence-electron chi connectivity index (χ3n) is 5.91. The van der Waals surface area contributed by atoms with E-state index in [2.05, 4.69) is 10.6 Å². The van der Waals surface area contributed by atoms with E-state index in [-0.39, 0.29) is 57.5 Å². The maximum atomic E-state index is 12.3. The summed E-state index contributed by atoms with van der Waals surface area (Å²) < 4.78 is 10.7. The first kappa shape index (κ1) is 39.7. The largest absolute Gasteiger partial charge is 0.481 e. The van der Waals surface area contributed by atoms with Crippen LogP contribution in [0.2, 0.25) is 0 Å². The molecule has 0 heterocycles. The monoisotopic (exact) mass is 617 g/mol. The molecule has 248 valence electrons. The molecule has 0 aromatic rings. The van der Waals surface area contributed by atoms with Crippen LogP contribution in [-0.2, 0) is 43.1 Å². The van der Waals surface area contributed by atoms with Crippen LogP contribution in [0.4, 0.5) is 0 Å². The Bertz CT molecular complexity index is 874. The van der Waals surface area contributed by atoms with Gasteiger partial charge in [-0.15, -0.1) is 0 Å². The first-order valence-corrected chi connectivity index (χ1v) is 15.0. The van der Waals surface area contributed by atoms with Crippen LogP contribution in [0.1, 0.15) is 105 Å². The van der Waals surface area contributed by atoms with Gasteiger partial charge in [-0.2, -0.15) is 0 Å². The number of hydrogen-bond acceptors (Lipinski definition) is 9. The fourth-order valence-corrected chi connectivity index (χ4v) is 3.79. The van der Waals surface area contributed by atoms with Crippen LogP contribution in [0.15, 0.2) is 0 Å². The van der Waals surface area contributed by atoms with Gasteiger partial charge in [0.25, 0.3) is 0 Å². The number of carboxylic acid groups (broad SMARTS) is 2. The van der Waals surface area contributed by atoms with E-state index in [1.165, 1.54) is 0 Å². The summed E-state index contributed by atoms with van der Waals surface area (Å²) in [5, 5.41) is 23.9. The van der Waals surface area contributed by atoms with Crippen molar-refractivity contribution in [2.24, 2.45) is 0 Å². The summed E-state index contributed by atoms with van der Waals surface area (Å²) in [5.41, 5.74) is -0.450. The zero-order chi connectivity index (χ0) is 32.7. The highest BCUT2D eigenvalue weighted by Gasteiger charge is 2.22. The maximum absolute atomic E-state index is 12.3. The summed E-state index contributed by atoms with van der Waals surface area (Å²) >= 11 is 0. The Hall–Kier alpha value is -3.26. The van der Waals surface area contributed by atoms with E-state index in [4.69, 9.17) is 24.5 Å². The number of nitrogens with one attached hydrogen (secondary N) is 2. The molecule has 14 heteroatoms. The third kappa shape index (κ3) is 23.9. The molecule has 0 radical (unpaired) electrons. The first-order chi connectivity index (χ1) is 20.2. The van der Waals surface area contributed by atoms with E-state index in [9.17, 15) is 28.8 Å². The quantitative estimate of drug-likeness (QED) is 0.0667. The summed E-state index contributed by atoms with van der Waals surface area (Å²) in [7, 11) is 0. The molecule has 0 spiro atoms. The number of nitrogens with zero attached hydrogens (tertiary/aromatic N) is 1. The van der Waals surface area contributed by atoms with E-state index in [1.807, 2.05) is 20.8 Å². The minimum atomic E-state index is -1.35. The number of esters is 1. The lowest BCUT2D eigenvalue weighted by Gasteiger charge is -2.20. The smallest absolute Gasteiger partial charge is 0.326 e. The molecule has 0 aromatic carbocycles. The van der Waals surface area contributed by atoms with Gasteiger partial charge in [-0.3, -0.25) is 28.8 Å². The molecule has 0 saturated carbocycles. The van der Waals surface area contributed by atoms with Crippen LogP contribution < -0.4 is 10.6 Å². The second kappa shape index (κ2) is 23.2. The molecule has 0 aliphatic rings. The predicted octanol–water partition coefficient (Wildman–Crippen LogP) is 2.58. The van der Waals surface area contributed by atoms with Gasteiger partial charge in [0, 0.05) is 45.2 Å². The number of carboxylic acids is 2. The van der Waals surface area contributed by atoms with Gasteiger partial charge in [0.05, 0.1) is 19.8 Å². The van der Waals surface area contributed by atoms with Gasteiger partial charge in [0.1, 0.15) is 11.6 Å². The van der Waals surface area contributed by atoms with E-state index in [0.717, 1.165) is 43.6 Å². The van der Waals surface area contributed by atoms with Crippen LogP contribution >= 0.6 is 0 Å². The highest BCUT2D eigenvalue weighted by atomic mass is 16.7. The second-order valence-electron chi connectivity index (χ2n) is 11.0. The molecular formula is C29H51N3O11. The van der Waals surface area contributed by atoms with Gasteiger partial charge < -0.3 is 30.3 Å². The number of amides is 3. The molecular weight excluding hydrogens is 566 g/mol. The van der Waals surface area contributed by atoms with Gasteiger partial charge >= 0.3 is 17.9 Å². The number of hydroxylamine groups is 2. The summed E-state index contributed by atoms with van der Waals surface area (Å²) in [6.45, 7) is 8.35. The van der Waals surface area contributed by atoms with Crippen molar-refractivity contribution in [2.45, 2.75) is 116 Å². The minimum Gasteiger partial charge on any atom is -0.481 e. The predicted molar refractivity (Wildman–Crippen MR) is 156 cm³/mol. The fraction of sp³-hybridized carbons (Fsp3) is 0.793. The van der Waals surface area contributed by atoms with Crippen molar-refractivity contribution in [2.75, 3.05) is 32.9 Å². The number of unbranched alkanes of at least 4 members (excludes halogenated alkanes) is 5. The highest BCUT2D eigenvalue weighted by molar-refractivity contribution is 5.87.